The lowest BCUT2D eigenvalue weighted by molar-refractivity contribution is 0.102. The van der Waals surface area contributed by atoms with Crippen molar-refractivity contribution in [2.75, 3.05) is 11.1 Å². The van der Waals surface area contributed by atoms with Crippen LogP contribution in [0, 0.1) is 0 Å². The Morgan fingerprint density at radius 2 is 2.00 bits per heavy atom. The topological polar surface area (TPSA) is 68.0 Å². The maximum absolute atomic E-state index is 12.4. The molecule has 5 heteroatoms. The Labute approximate surface area is 128 Å². The number of aromatic nitrogens is 1. The van der Waals surface area contributed by atoms with Gasteiger partial charge >= 0.3 is 0 Å². The average Bonchev–Trinajstić information content (AvgIpc) is 2.50. The van der Waals surface area contributed by atoms with Crippen molar-refractivity contribution in [2.24, 2.45) is 0 Å². The van der Waals surface area contributed by atoms with Gasteiger partial charge in [-0.1, -0.05) is 23.7 Å². The SMILES string of the molecule is Nc1ccc(Cl)c(C(=O)Nc2cccc3c2CCCC3)n1. The lowest BCUT2D eigenvalue weighted by Gasteiger charge is -2.19. The second kappa shape index (κ2) is 5.74. The first-order valence-corrected chi connectivity index (χ1v) is 7.37. The lowest BCUT2D eigenvalue weighted by atomic mass is 9.90. The molecule has 1 aliphatic rings. The summed E-state index contributed by atoms with van der Waals surface area (Å²) in [6, 6.07) is 9.16. The number of halogens is 1. The number of hydrogen-bond donors (Lipinski definition) is 2. The van der Waals surface area contributed by atoms with E-state index in [1.54, 1.807) is 12.1 Å². The summed E-state index contributed by atoms with van der Waals surface area (Å²) >= 11 is 6.02. The fourth-order valence-corrected chi connectivity index (χ4v) is 2.89. The Bertz CT molecular complexity index is 700. The number of nitrogens with one attached hydrogen (secondary N) is 1. The average molecular weight is 302 g/mol. The van der Waals surface area contributed by atoms with E-state index >= 15 is 0 Å². The van der Waals surface area contributed by atoms with Crippen molar-refractivity contribution in [3.8, 4) is 0 Å². The Morgan fingerprint density at radius 1 is 1.19 bits per heavy atom. The Kier molecular flexibility index (Phi) is 3.80. The molecule has 1 amide bonds. The van der Waals surface area contributed by atoms with E-state index in [0.717, 1.165) is 24.9 Å². The molecule has 3 rings (SSSR count). The van der Waals surface area contributed by atoms with Crippen molar-refractivity contribution in [3.05, 3.63) is 52.2 Å². The van der Waals surface area contributed by atoms with Gasteiger partial charge in [-0.2, -0.15) is 0 Å². The van der Waals surface area contributed by atoms with Crippen LogP contribution in [0.4, 0.5) is 11.5 Å². The van der Waals surface area contributed by atoms with Gasteiger partial charge in [0.1, 0.15) is 11.5 Å². The van der Waals surface area contributed by atoms with Gasteiger partial charge in [0.25, 0.3) is 5.91 Å². The minimum atomic E-state index is -0.328. The molecule has 0 bridgehead atoms. The molecule has 1 aromatic heterocycles. The van der Waals surface area contributed by atoms with Crippen molar-refractivity contribution in [3.63, 3.8) is 0 Å². The Morgan fingerprint density at radius 3 is 2.86 bits per heavy atom. The van der Waals surface area contributed by atoms with Crippen molar-refractivity contribution in [1.29, 1.82) is 0 Å². The normalized spacial score (nSPS) is 13.6. The number of fused-ring (bicyclic) bond motifs is 1. The summed E-state index contributed by atoms with van der Waals surface area (Å²) in [5.74, 6) is -0.0501. The van der Waals surface area contributed by atoms with Crippen LogP contribution in [0.5, 0.6) is 0 Å². The molecule has 2 aromatic rings. The van der Waals surface area contributed by atoms with E-state index in [0.29, 0.717) is 5.02 Å². The number of nitrogens with two attached hydrogens (primary N) is 1. The first kappa shape index (κ1) is 13.9. The number of carbonyl (C=O) groups excluding carboxylic acids is 1. The van der Waals surface area contributed by atoms with Crippen LogP contribution < -0.4 is 11.1 Å². The summed E-state index contributed by atoms with van der Waals surface area (Å²) in [5, 5.41) is 3.21. The van der Waals surface area contributed by atoms with E-state index in [9.17, 15) is 4.79 Å². The smallest absolute Gasteiger partial charge is 0.275 e. The molecule has 1 aromatic carbocycles. The van der Waals surface area contributed by atoms with Crippen molar-refractivity contribution < 1.29 is 4.79 Å². The molecule has 0 fully saturated rings. The molecule has 0 unspecified atom stereocenters. The number of rotatable bonds is 2. The molecule has 3 N–H and O–H groups in total. The highest BCUT2D eigenvalue weighted by Gasteiger charge is 2.17. The second-order valence-corrected chi connectivity index (χ2v) is 5.58. The molecule has 0 atom stereocenters. The highest BCUT2D eigenvalue weighted by atomic mass is 35.5. The van der Waals surface area contributed by atoms with Crippen LogP contribution in [0.25, 0.3) is 0 Å². The zero-order valence-electron chi connectivity index (χ0n) is 11.5. The van der Waals surface area contributed by atoms with Gasteiger partial charge in [0.05, 0.1) is 5.02 Å². The summed E-state index contributed by atoms with van der Waals surface area (Å²) in [6.45, 7) is 0. The minimum absolute atomic E-state index is 0.157. The quantitative estimate of drug-likeness (QED) is 0.892. The molecular weight excluding hydrogens is 286 g/mol. The Balaban J connectivity index is 1.90. The molecule has 1 heterocycles. The highest BCUT2D eigenvalue weighted by molar-refractivity contribution is 6.34. The molecule has 0 saturated carbocycles. The molecular formula is C16H16ClN3O. The third kappa shape index (κ3) is 2.85. The van der Waals surface area contributed by atoms with Crippen LogP contribution >= 0.6 is 11.6 Å². The third-order valence-electron chi connectivity index (χ3n) is 3.73. The van der Waals surface area contributed by atoms with Gasteiger partial charge in [0.2, 0.25) is 0 Å². The number of anilines is 2. The van der Waals surface area contributed by atoms with Crippen LogP contribution in [0.1, 0.15) is 34.5 Å². The fourth-order valence-electron chi connectivity index (χ4n) is 2.70. The van der Waals surface area contributed by atoms with Crippen molar-refractivity contribution >= 4 is 29.0 Å². The number of amides is 1. The molecule has 0 saturated heterocycles. The number of carbonyl (C=O) groups is 1. The van der Waals surface area contributed by atoms with Crippen LogP contribution in [0.3, 0.4) is 0 Å². The lowest BCUT2D eigenvalue weighted by Crippen LogP contribution is -2.17. The summed E-state index contributed by atoms with van der Waals surface area (Å²) in [7, 11) is 0. The first-order chi connectivity index (χ1) is 10.1. The van der Waals surface area contributed by atoms with Crippen molar-refractivity contribution in [2.45, 2.75) is 25.7 Å². The van der Waals surface area contributed by atoms with Gasteiger partial charge in [0.15, 0.2) is 0 Å². The van der Waals surface area contributed by atoms with Crippen LogP contribution in [0.15, 0.2) is 30.3 Å². The van der Waals surface area contributed by atoms with Crippen LogP contribution in [-0.2, 0) is 12.8 Å². The molecule has 108 valence electrons. The largest absolute Gasteiger partial charge is 0.384 e. The predicted octanol–water partition coefficient (Wildman–Crippen LogP) is 3.45. The summed E-state index contributed by atoms with van der Waals surface area (Å²) in [4.78, 5) is 16.4. The van der Waals surface area contributed by atoms with E-state index in [-0.39, 0.29) is 17.4 Å². The summed E-state index contributed by atoms with van der Waals surface area (Å²) in [6.07, 6.45) is 4.41. The van der Waals surface area contributed by atoms with Gasteiger partial charge < -0.3 is 11.1 Å². The third-order valence-corrected chi connectivity index (χ3v) is 4.03. The number of benzene rings is 1. The molecule has 0 spiro atoms. The standard InChI is InChI=1S/C16H16ClN3O/c17-12-8-9-14(18)20-15(12)16(21)19-13-7-3-5-10-4-1-2-6-11(10)13/h3,5,7-9H,1-2,4,6H2,(H2,18,20)(H,19,21). The molecule has 4 nitrogen and oxygen atoms in total. The fraction of sp³-hybridized carbons (Fsp3) is 0.250. The monoisotopic (exact) mass is 301 g/mol. The number of hydrogen-bond acceptors (Lipinski definition) is 3. The van der Waals surface area contributed by atoms with Gasteiger partial charge in [-0.3, -0.25) is 4.79 Å². The second-order valence-electron chi connectivity index (χ2n) is 5.17. The van der Waals surface area contributed by atoms with Gasteiger partial charge in [-0.15, -0.1) is 0 Å². The van der Waals surface area contributed by atoms with Crippen LogP contribution in [-0.4, -0.2) is 10.9 Å². The number of nitrogens with zero attached hydrogens (tertiary/aromatic N) is 1. The maximum Gasteiger partial charge on any atom is 0.275 e. The van der Waals surface area contributed by atoms with E-state index < -0.39 is 0 Å². The maximum atomic E-state index is 12.4. The van der Waals surface area contributed by atoms with E-state index in [1.807, 2.05) is 12.1 Å². The number of pyridine rings is 1. The molecule has 21 heavy (non-hydrogen) atoms. The van der Waals surface area contributed by atoms with Gasteiger partial charge in [-0.25, -0.2) is 4.98 Å². The van der Waals surface area contributed by atoms with Crippen molar-refractivity contribution in [1.82, 2.24) is 4.98 Å². The summed E-state index contributed by atoms with van der Waals surface area (Å²) in [5.41, 5.74) is 9.15. The molecule has 0 aliphatic heterocycles. The Hall–Kier alpha value is -2.07. The van der Waals surface area contributed by atoms with Gasteiger partial charge in [0, 0.05) is 5.69 Å². The predicted molar refractivity (Wildman–Crippen MR) is 84.7 cm³/mol. The van der Waals surface area contributed by atoms with E-state index in [2.05, 4.69) is 16.4 Å². The zero-order valence-corrected chi connectivity index (χ0v) is 12.3. The summed E-state index contributed by atoms with van der Waals surface area (Å²) < 4.78 is 0. The van der Waals surface area contributed by atoms with Gasteiger partial charge in [-0.05, 0) is 55.0 Å². The first-order valence-electron chi connectivity index (χ1n) is 6.99. The minimum Gasteiger partial charge on any atom is -0.384 e. The van der Waals surface area contributed by atoms with E-state index in [4.69, 9.17) is 17.3 Å². The number of nitrogen functional groups attached to an aromatic ring is 1. The number of aryl methyl sites for hydroxylation is 1. The van der Waals surface area contributed by atoms with Crippen LogP contribution in [0.2, 0.25) is 5.02 Å². The van der Waals surface area contributed by atoms with E-state index in [1.165, 1.54) is 17.5 Å². The highest BCUT2D eigenvalue weighted by Crippen LogP contribution is 2.28. The zero-order chi connectivity index (χ0) is 14.8. The molecule has 1 aliphatic carbocycles. The molecule has 0 radical (unpaired) electrons.